The number of piperidine rings is 1. The number of aryl methyl sites for hydroxylation is 1. The Morgan fingerprint density at radius 1 is 1.26 bits per heavy atom. The molecule has 1 amide bonds. The van der Waals surface area contributed by atoms with E-state index in [4.69, 9.17) is 0 Å². The van der Waals surface area contributed by atoms with Gasteiger partial charge >= 0.3 is 0 Å². The molecule has 1 fully saturated rings. The van der Waals surface area contributed by atoms with Gasteiger partial charge in [-0.05, 0) is 37.0 Å². The Morgan fingerprint density at radius 2 is 2.15 bits per heavy atom. The van der Waals surface area contributed by atoms with Crippen molar-refractivity contribution in [1.29, 1.82) is 0 Å². The molecule has 3 aromatic heterocycles. The predicted molar refractivity (Wildman–Crippen MR) is 102 cm³/mol. The molecule has 0 radical (unpaired) electrons. The molecule has 0 aliphatic carbocycles. The lowest BCUT2D eigenvalue weighted by Crippen LogP contribution is -2.41. The monoisotopic (exact) mass is 366 g/mol. The zero-order valence-electron chi connectivity index (χ0n) is 15.2. The highest BCUT2D eigenvalue weighted by molar-refractivity contribution is 5.93. The van der Waals surface area contributed by atoms with Crippen molar-refractivity contribution in [3.05, 3.63) is 58.6 Å². The van der Waals surface area contributed by atoms with Crippen LogP contribution in [0.15, 0.2) is 47.5 Å². The second-order valence-corrected chi connectivity index (χ2v) is 6.96. The minimum absolute atomic E-state index is 0.130. The minimum atomic E-state index is -0.157. The van der Waals surface area contributed by atoms with Crippen LogP contribution in [-0.4, -0.2) is 44.7 Å². The molecule has 0 aromatic carbocycles. The van der Waals surface area contributed by atoms with Gasteiger partial charge in [0.05, 0.1) is 5.56 Å². The smallest absolute Gasteiger partial charge is 0.252 e. The number of pyridine rings is 2. The molecule has 4 rings (SSSR count). The molecule has 1 atom stereocenters. The molecule has 1 aliphatic heterocycles. The average molecular weight is 366 g/mol. The maximum Gasteiger partial charge on any atom is 0.252 e. The molecule has 3 aromatic rings. The number of aromatic nitrogens is 4. The molecule has 8 nitrogen and oxygen atoms in total. The quantitative estimate of drug-likeness (QED) is 0.747. The Kier molecular flexibility index (Phi) is 4.62. The second kappa shape index (κ2) is 7.22. The van der Waals surface area contributed by atoms with Gasteiger partial charge in [-0.3, -0.25) is 14.0 Å². The van der Waals surface area contributed by atoms with E-state index in [2.05, 4.69) is 20.4 Å². The summed E-state index contributed by atoms with van der Waals surface area (Å²) in [5.41, 5.74) is 1.20. The zero-order valence-corrected chi connectivity index (χ0v) is 15.2. The van der Waals surface area contributed by atoms with Crippen molar-refractivity contribution in [2.45, 2.75) is 12.8 Å². The number of amides is 1. The van der Waals surface area contributed by atoms with Crippen molar-refractivity contribution >= 4 is 17.5 Å². The lowest BCUT2D eigenvalue weighted by Gasteiger charge is -2.32. The van der Waals surface area contributed by atoms with Gasteiger partial charge in [0, 0.05) is 45.1 Å². The number of hydrogen-bond acceptors (Lipinski definition) is 5. The molecular formula is C19H22N6O2. The normalized spacial score (nSPS) is 17.2. The number of nitrogens with zero attached hydrogens (tertiary/aromatic N) is 5. The Morgan fingerprint density at radius 3 is 3.00 bits per heavy atom. The van der Waals surface area contributed by atoms with Crippen LogP contribution in [0.25, 0.3) is 5.65 Å². The van der Waals surface area contributed by atoms with Gasteiger partial charge in [0.2, 0.25) is 11.5 Å². The van der Waals surface area contributed by atoms with Gasteiger partial charge in [-0.1, -0.05) is 6.07 Å². The number of carbonyl (C=O) groups is 1. The Labute approximate surface area is 156 Å². The van der Waals surface area contributed by atoms with Crippen LogP contribution in [0.3, 0.4) is 0 Å². The van der Waals surface area contributed by atoms with Gasteiger partial charge in [-0.2, -0.15) is 0 Å². The van der Waals surface area contributed by atoms with Crippen LogP contribution < -0.4 is 15.8 Å². The summed E-state index contributed by atoms with van der Waals surface area (Å²) < 4.78 is 3.40. The third-order valence-corrected chi connectivity index (χ3v) is 5.00. The summed E-state index contributed by atoms with van der Waals surface area (Å²) in [5.74, 6) is 1.03. The van der Waals surface area contributed by atoms with Crippen LogP contribution in [-0.2, 0) is 7.05 Å². The molecule has 1 unspecified atom stereocenters. The van der Waals surface area contributed by atoms with Crippen molar-refractivity contribution < 1.29 is 4.79 Å². The fraction of sp³-hybridized carbons (Fsp3) is 0.368. The molecule has 4 heterocycles. The minimum Gasteiger partial charge on any atom is -0.352 e. The van der Waals surface area contributed by atoms with E-state index in [1.807, 2.05) is 28.8 Å². The highest BCUT2D eigenvalue weighted by Crippen LogP contribution is 2.22. The SMILES string of the molecule is Cn1cc(C(=O)NCC2CCCN(c3nnc4ccccn34)C2)ccc1=O. The summed E-state index contributed by atoms with van der Waals surface area (Å²) >= 11 is 0. The largest absolute Gasteiger partial charge is 0.352 e. The first kappa shape index (κ1) is 17.3. The van der Waals surface area contributed by atoms with Crippen molar-refractivity contribution in [2.75, 3.05) is 24.5 Å². The van der Waals surface area contributed by atoms with E-state index in [-0.39, 0.29) is 11.5 Å². The number of anilines is 1. The summed E-state index contributed by atoms with van der Waals surface area (Å²) in [6, 6.07) is 8.82. The standard InChI is InChI=1S/C19H22N6O2/c1-23-13-15(7-8-17(23)26)18(27)20-11-14-5-4-9-24(12-14)19-22-21-16-6-2-3-10-25(16)19/h2-3,6-8,10,13-14H,4-5,9,11-12H2,1H3,(H,20,27). The number of nitrogens with one attached hydrogen (secondary N) is 1. The van der Waals surface area contributed by atoms with Gasteiger partial charge in [0.1, 0.15) is 0 Å². The van der Waals surface area contributed by atoms with E-state index in [0.29, 0.717) is 18.0 Å². The van der Waals surface area contributed by atoms with Crippen molar-refractivity contribution in [3.8, 4) is 0 Å². The van der Waals surface area contributed by atoms with Crippen LogP contribution in [0.2, 0.25) is 0 Å². The van der Waals surface area contributed by atoms with Gasteiger partial charge < -0.3 is 14.8 Å². The van der Waals surface area contributed by atoms with E-state index in [1.54, 1.807) is 19.3 Å². The number of fused-ring (bicyclic) bond motifs is 1. The first-order valence-electron chi connectivity index (χ1n) is 9.11. The molecule has 0 saturated carbocycles. The van der Waals surface area contributed by atoms with E-state index in [9.17, 15) is 9.59 Å². The fourth-order valence-electron chi connectivity index (χ4n) is 3.53. The predicted octanol–water partition coefficient (Wildman–Crippen LogP) is 1.07. The molecule has 140 valence electrons. The summed E-state index contributed by atoms with van der Waals surface area (Å²) in [4.78, 5) is 26.1. The molecule has 1 aliphatic rings. The first-order chi connectivity index (χ1) is 13.1. The maximum atomic E-state index is 12.4. The van der Waals surface area contributed by atoms with Gasteiger partial charge in [-0.25, -0.2) is 0 Å². The van der Waals surface area contributed by atoms with Crippen LogP contribution in [0.5, 0.6) is 0 Å². The Bertz CT molecular complexity index is 1020. The first-order valence-corrected chi connectivity index (χ1v) is 9.11. The summed E-state index contributed by atoms with van der Waals surface area (Å²) in [6.07, 6.45) is 5.63. The average Bonchev–Trinajstić information content (AvgIpc) is 3.12. The Hall–Kier alpha value is -3.16. The summed E-state index contributed by atoms with van der Waals surface area (Å²) in [7, 11) is 1.64. The fourth-order valence-corrected chi connectivity index (χ4v) is 3.53. The van der Waals surface area contributed by atoms with Gasteiger partial charge in [0.25, 0.3) is 5.91 Å². The van der Waals surface area contributed by atoms with Gasteiger partial charge in [0.15, 0.2) is 5.65 Å². The molecule has 1 N–H and O–H groups in total. The van der Waals surface area contributed by atoms with Crippen LogP contribution in [0.1, 0.15) is 23.2 Å². The number of rotatable bonds is 4. The van der Waals surface area contributed by atoms with E-state index in [1.165, 1.54) is 10.6 Å². The van der Waals surface area contributed by atoms with Crippen LogP contribution >= 0.6 is 0 Å². The number of carbonyl (C=O) groups excluding carboxylic acids is 1. The third kappa shape index (κ3) is 3.55. The molecule has 27 heavy (non-hydrogen) atoms. The van der Waals surface area contributed by atoms with Gasteiger partial charge in [-0.15, -0.1) is 10.2 Å². The second-order valence-electron chi connectivity index (χ2n) is 6.96. The molecular weight excluding hydrogens is 344 g/mol. The van der Waals surface area contributed by atoms with E-state index >= 15 is 0 Å². The number of hydrogen-bond donors (Lipinski definition) is 1. The van der Waals surface area contributed by atoms with Crippen molar-refractivity contribution in [2.24, 2.45) is 13.0 Å². The highest BCUT2D eigenvalue weighted by atomic mass is 16.2. The maximum absolute atomic E-state index is 12.4. The zero-order chi connectivity index (χ0) is 18.8. The lowest BCUT2D eigenvalue weighted by atomic mass is 9.98. The highest BCUT2D eigenvalue weighted by Gasteiger charge is 2.24. The van der Waals surface area contributed by atoms with E-state index in [0.717, 1.165) is 37.5 Å². The third-order valence-electron chi connectivity index (χ3n) is 5.00. The van der Waals surface area contributed by atoms with Crippen LogP contribution in [0.4, 0.5) is 5.95 Å². The molecule has 0 spiro atoms. The van der Waals surface area contributed by atoms with Crippen molar-refractivity contribution in [1.82, 2.24) is 24.5 Å². The molecule has 0 bridgehead atoms. The lowest BCUT2D eigenvalue weighted by molar-refractivity contribution is 0.0945. The van der Waals surface area contributed by atoms with E-state index < -0.39 is 0 Å². The summed E-state index contributed by atoms with van der Waals surface area (Å²) in [5, 5.41) is 11.5. The van der Waals surface area contributed by atoms with Crippen LogP contribution in [0, 0.1) is 5.92 Å². The van der Waals surface area contributed by atoms with Crippen molar-refractivity contribution in [3.63, 3.8) is 0 Å². The molecule has 8 heteroatoms. The molecule has 1 saturated heterocycles. The topological polar surface area (TPSA) is 84.5 Å². The Balaban J connectivity index is 1.40. The summed E-state index contributed by atoms with van der Waals surface area (Å²) in [6.45, 7) is 2.35.